The van der Waals surface area contributed by atoms with Gasteiger partial charge in [0.05, 0.1) is 12.8 Å². The maximum Gasteiger partial charge on any atom is 0.344 e. The van der Waals surface area contributed by atoms with Crippen LogP contribution in [-0.4, -0.2) is 42.5 Å². The molecule has 0 aliphatic rings. The standard InChI is InChI=1S/C19H19ClN2O6/c1-11(23)13-6-7-15(16(9-13)26-3)27-10-17(24)28-12(2)19(25)22-14-5-4-8-21-18(14)20/h4-9,12H,10H2,1-3H3,(H,22,25)/t12-/m0/s1. The van der Waals surface area contributed by atoms with Gasteiger partial charge in [-0.25, -0.2) is 9.78 Å². The minimum absolute atomic E-state index is 0.124. The topological polar surface area (TPSA) is 104 Å². The third-order valence-corrected chi connectivity index (χ3v) is 3.91. The van der Waals surface area contributed by atoms with E-state index in [9.17, 15) is 14.4 Å². The summed E-state index contributed by atoms with van der Waals surface area (Å²) in [7, 11) is 1.42. The van der Waals surface area contributed by atoms with Crippen LogP contribution < -0.4 is 14.8 Å². The maximum atomic E-state index is 12.1. The lowest BCUT2D eigenvalue weighted by Crippen LogP contribution is -2.31. The molecule has 28 heavy (non-hydrogen) atoms. The third-order valence-electron chi connectivity index (χ3n) is 3.61. The number of aromatic nitrogens is 1. The van der Waals surface area contributed by atoms with Gasteiger partial charge in [-0.05, 0) is 44.2 Å². The number of benzene rings is 1. The summed E-state index contributed by atoms with van der Waals surface area (Å²) in [5, 5.41) is 2.64. The molecule has 0 unspecified atom stereocenters. The fourth-order valence-corrected chi connectivity index (χ4v) is 2.31. The zero-order chi connectivity index (χ0) is 20.7. The Morgan fingerprint density at radius 2 is 1.96 bits per heavy atom. The number of ketones is 1. The normalized spacial score (nSPS) is 11.3. The molecule has 2 aromatic rings. The van der Waals surface area contributed by atoms with E-state index in [0.29, 0.717) is 17.0 Å². The van der Waals surface area contributed by atoms with Crippen molar-refractivity contribution < 1.29 is 28.6 Å². The van der Waals surface area contributed by atoms with Crippen LogP contribution in [0.1, 0.15) is 24.2 Å². The van der Waals surface area contributed by atoms with Gasteiger partial charge in [0, 0.05) is 11.8 Å². The minimum Gasteiger partial charge on any atom is -0.493 e. The predicted molar refractivity (Wildman–Crippen MR) is 102 cm³/mol. The Kier molecular flexibility index (Phi) is 7.34. The minimum atomic E-state index is -1.07. The van der Waals surface area contributed by atoms with Gasteiger partial charge in [0.25, 0.3) is 5.91 Å². The van der Waals surface area contributed by atoms with Gasteiger partial charge < -0.3 is 19.5 Å². The molecule has 148 valence electrons. The lowest BCUT2D eigenvalue weighted by atomic mass is 10.1. The number of rotatable bonds is 8. The molecule has 0 spiro atoms. The number of amides is 1. The fraction of sp³-hybridized carbons (Fsp3) is 0.263. The van der Waals surface area contributed by atoms with Gasteiger partial charge in [0.15, 0.2) is 35.1 Å². The van der Waals surface area contributed by atoms with Gasteiger partial charge in [-0.3, -0.25) is 9.59 Å². The van der Waals surface area contributed by atoms with E-state index in [4.69, 9.17) is 25.8 Å². The Morgan fingerprint density at radius 3 is 2.61 bits per heavy atom. The molecule has 0 fully saturated rings. The Labute approximate surface area is 166 Å². The smallest absolute Gasteiger partial charge is 0.344 e. The molecular formula is C19H19ClN2O6. The highest BCUT2D eigenvalue weighted by Gasteiger charge is 2.20. The lowest BCUT2D eigenvalue weighted by molar-refractivity contribution is -0.155. The Morgan fingerprint density at radius 1 is 1.21 bits per heavy atom. The maximum absolute atomic E-state index is 12.1. The van der Waals surface area contributed by atoms with Gasteiger partial charge in [0.1, 0.15) is 0 Å². The summed E-state index contributed by atoms with van der Waals surface area (Å²) in [6.07, 6.45) is 0.407. The number of Topliss-reactive ketones (excluding diaryl/α,β-unsaturated/α-hetero) is 1. The second kappa shape index (κ2) is 9.70. The first-order valence-electron chi connectivity index (χ1n) is 8.24. The van der Waals surface area contributed by atoms with Gasteiger partial charge in [-0.1, -0.05) is 11.6 Å². The van der Waals surface area contributed by atoms with Crippen molar-refractivity contribution in [3.05, 3.63) is 47.2 Å². The van der Waals surface area contributed by atoms with E-state index in [1.165, 1.54) is 39.3 Å². The van der Waals surface area contributed by atoms with E-state index >= 15 is 0 Å². The van der Waals surface area contributed by atoms with E-state index in [1.54, 1.807) is 18.2 Å². The number of anilines is 1. The molecule has 9 heteroatoms. The molecule has 0 saturated heterocycles. The Balaban J connectivity index is 1.90. The number of halogens is 1. The van der Waals surface area contributed by atoms with Crippen LogP contribution in [0.2, 0.25) is 5.15 Å². The first kappa shape index (κ1) is 21.2. The number of nitrogens with one attached hydrogen (secondary N) is 1. The quantitative estimate of drug-likeness (QED) is 0.408. The summed E-state index contributed by atoms with van der Waals surface area (Å²) in [6.45, 7) is 2.40. The van der Waals surface area contributed by atoms with Gasteiger partial charge in [-0.2, -0.15) is 0 Å². The van der Waals surface area contributed by atoms with Crippen molar-refractivity contribution in [1.82, 2.24) is 4.98 Å². The van der Waals surface area contributed by atoms with Crippen molar-refractivity contribution in [3.63, 3.8) is 0 Å². The average Bonchev–Trinajstić information content (AvgIpc) is 2.67. The number of hydrogen-bond donors (Lipinski definition) is 1. The van der Waals surface area contributed by atoms with Crippen LogP contribution in [0.15, 0.2) is 36.5 Å². The van der Waals surface area contributed by atoms with E-state index in [-0.39, 0.29) is 16.7 Å². The third kappa shape index (κ3) is 5.68. The molecule has 1 amide bonds. The average molecular weight is 407 g/mol. The second-order valence-corrected chi connectivity index (χ2v) is 6.03. The van der Waals surface area contributed by atoms with Crippen LogP contribution >= 0.6 is 11.6 Å². The van der Waals surface area contributed by atoms with Crippen LogP contribution in [0.4, 0.5) is 5.69 Å². The van der Waals surface area contributed by atoms with E-state index in [0.717, 1.165) is 0 Å². The molecule has 0 aliphatic carbocycles. The molecule has 0 radical (unpaired) electrons. The molecular weight excluding hydrogens is 388 g/mol. The molecule has 1 N–H and O–H groups in total. The van der Waals surface area contributed by atoms with Gasteiger partial charge in [0.2, 0.25) is 0 Å². The van der Waals surface area contributed by atoms with Crippen LogP contribution in [0.5, 0.6) is 11.5 Å². The van der Waals surface area contributed by atoms with Crippen molar-refractivity contribution in [1.29, 1.82) is 0 Å². The van der Waals surface area contributed by atoms with Crippen LogP contribution in [0, 0.1) is 0 Å². The highest BCUT2D eigenvalue weighted by Crippen LogP contribution is 2.28. The lowest BCUT2D eigenvalue weighted by Gasteiger charge is -2.15. The largest absolute Gasteiger partial charge is 0.493 e. The summed E-state index contributed by atoms with van der Waals surface area (Å²) < 4.78 is 15.6. The number of carbonyl (C=O) groups excluding carboxylic acids is 3. The summed E-state index contributed by atoms with van der Waals surface area (Å²) in [5.41, 5.74) is 0.759. The second-order valence-electron chi connectivity index (χ2n) is 5.67. The molecule has 0 aliphatic heterocycles. The summed E-state index contributed by atoms with van der Waals surface area (Å²) in [4.78, 5) is 39.3. The van der Waals surface area contributed by atoms with Gasteiger partial charge >= 0.3 is 5.97 Å². The summed E-state index contributed by atoms with van der Waals surface area (Å²) in [5.74, 6) is -0.872. The van der Waals surface area contributed by atoms with Crippen molar-refractivity contribution in [2.45, 2.75) is 20.0 Å². The van der Waals surface area contributed by atoms with Crippen LogP contribution in [0.3, 0.4) is 0 Å². The molecule has 8 nitrogen and oxygen atoms in total. The van der Waals surface area contributed by atoms with Crippen molar-refractivity contribution in [2.75, 3.05) is 19.0 Å². The number of nitrogens with zero attached hydrogens (tertiary/aromatic N) is 1. The fourth-order valence-electron chi connectivity index (χ4n) is 2.14. The van der Waals surface area contributed by atoms with Crippen molar-refractivity contribution in [2.24, 2.45) is 0 Å². The zero-order valence-electron chi connectivity index (χ0n) is 15.5. The molecule has 0 bridgehead atoms. The number of ether oxygens (including phenoxy) is 3. The Bertz CT molecular complexity index is 886. The number of carbonyl (C=O) groups is 3. The van der Waals surface area contributed by atoms with E-state index in [1.807, 2.05) is 0 Å². The van der Waals surface area contributed by atoms with Gasteiger partial charge in [-0.15, -0.1) is 0 Å². The number of esters is 1. The molecule has 2 rings (SSSR count). The van der Waals surface area contributed by atoms with Crippen molar-refractivity contribution in [3.8, 4) is 11.5 Å². The van der Waals surface area contributed by atoms with Crippen molar-refractivity contribution >= 4 is 34.9 Å². The molecule has 1 aromatic carbocycles. The zero-order valence-corrected chi connectivity index (χ0v) is 16.3. The monoisotopic (exact) mass is 406 g/mol. The molecule has 0 saturated carbocycles. The SMILES string of the molecule is COc1cc(C(C)=O)ccc1OCC(=O)O[C@@H](C)C(=O)Nc1cccnc1Cl. The van der Waals surface area contributed by atoms with Crippen LogP contribution in [-0.2, 0) is 14.3 Å². The molecule has 1 aromatic heterocycles. The Hall–Kier alpha value is -3.13. The number of methoxy groups -OCH3 is 1. The van der Waals surface area contributed by atoms with Crippen LogP contribution in [0.25, 0.3) is 0 Å². The highest BCUT2D eigenvalue weighted by atomic mass is 35.5. The summed E-state index contributed by atoms with van der Waals surface area (Å²) >= 11 is 5.87. The number of hydrogen-bond acceptors (Lipinski definition) is 7. The van der Waals surface area contributed by atoms with E-state index < -0.39 is 24.6 Å². The molecule has 1 atom stereocenters. The first-order chi connectivity index (χ1) is 13.3. The summed E-state index contributed by atoms with van der Waals surface area (Å²) in [6, 6.07) is 7.76. The highest BCUT2D eigenvalue weighted by molar-refractivity contribution is 6.32. The number of pyridine rings is 1. The predicted octanol–water partition coefficient (Wildman–Crippen LogP) is 2.90. The molecule has 1 heterocycles. The van der Waals surface area contributed by atoms with E-state index in [2.05, 4.69) is 10.3 Å². The first-order valence-corrected chi connectivity index (χ1v) is 8.62.